The van der Waals surface area contributed by atoms with Gasteiger partial charge in [0.05, 0.1) is 36.4 Å². The predicted molar refractivity (Wildman–Crippen MR) is 148 cm³/mol. The monoisotopic (exact) mass is 647 g/mol. The number of para-hydroxylation sites is 1. The summed E-state index contributed by atoms with van der Waals surface area (Å²) in [4.78, 5) is 1.74. The summed E-state index contributed by atoms with van der Waals surface area (Å²) in [6.45, 7) is 0.458. The zero-order chi connectivity index (χ0) is 31.9. The smallest absolute Gasteiger partial charge is 0.416 e. The minimum Gasteiger partial charge on any atom is -0.758 e. The fourth-order valence-electron chi connectivity index (χ4n) is 5.39. The number of alkyl halides is 6. The molecule has 0 aromatic heterocycles. The molecule has 9 nitrogen and oxygen atoms in total. The van der Waals surface area contributed by atoms with Gasteiger partial charge in [-0.05, 0) is 48.4 Å². The van der Waals surface area contributed by atoms with Gasteiger partial charge >= 0.3 is 12.4 Å². The molecule has 2 unspecified atom stereocenters. The molecule has 0 saturated carbocycles. The second kappa shape index (κ2) is 12.1. The minimum absolute atomic E-state index is 0.00831. The summed E-state index contributed by atoms with van der Waals surface area (Å²) < 4.78 is 118. The van der Waals surface area contributed by atoms with Crippen LogP contribution in [0.2, 0.25) is 0 Å². The maximum absolute atomic E-state index is 14.4. The molecule has 3 heterocycles. The van der Waals surface area contributed by atoms with Crippen molar-refractivity contribution in [2.75, 3.05) is 44.9 Å². The lowest BCUT2D eigenvalue weighted by atomic mass is 9.93. The molecule has 2 aromatic carbocycles. The van der Waals surface area contributed by atoms with Crippen molar-refractivity contribution >= 4 is 15.5 Å². The third-order valence-corrected chi connectivity index (χ3v) is 9.25. The molecule has 1 saturated heterocycles. The van der Waals surface area contributed by atoms with Gasteiger partial charge in [-0.15, -0.1) is 0 Å². The maximum atomic E-state index is 14.4. The quantitative estimate of drug-likeness (QED) is 0.467. The fraction of sp³-hybridized carbons (Fsp3) is 0.429. The van der Waals surface area contributed by atoms with Crippen LogP contribution in [0, 0.1) is 5.21 Å². The Morgan fingerprint density at radius 3 is 2.27 bits per heavy atom. The van der Waals surface area contributed by atoms with Crippen molar-refractivity contribution in [1.82, 2.24) is 20.6 Å². The van der Waals surface area contributed by atoms with Crippen LogP contribution in [0.4, 0.5) is 26.3 Å². The molecule has 0 amide bonds. The van der Waals surface area contributed by atoms with Crippen LogP contribution in [0.25, 0.3) is 5.70 Å². The SMILES string of the molecule is COc1ccccc1/C1=C/C(N2CCS(=O)(=O)CC2)OC2=C(CNCN2)C(Cc2cc(C(F)(F)F)cc(C(F)(F)F)c2)N1[O-]. The molecule has 16 heteroatoms. The Labute approximate surface area is 249 Å². The van der Waals surface area contributed by atoms with Crippen LogP contribution in [0.3, 0.4) is 0 Å². The van der Waals surface area contributed by atoms with E-state index in [0.29, 0.717) is 22.8 Å². The van der Waals surface area contributed by atoms with Crippen LogP contribution in [0.1, 0.15) is 22.3 Å². The number of rotatable bonds is 5. The predicted octanol–water partition coefficient (Wildman–Crippen LogP) is 3.93. The second-order valence-electron chi connectivity index (χ2n) is 10.5. The number of ether oxygens (including phenoxy) is 2. The van der Waals surface area contributed by atoms with Crippen molar-refractivity contribution in [1.29, 1.82) is 0 Å². The van der Waals surface area contributed by atoms with Crippen molar-refractivity contribution in [3.63, 3.8) is 0 Å². The highest BCUT2D eigenvalue weighted by atomic mass is 32.2. The molecule has 3 aliphatic rings. The molecule has 44 heavy (non-hydrogen) atoms. The number of halogens is 6. The number of sulfone groups is 1. The molecular formula is C28H29F6N4O5S-. The maximum Gasteiger partial charge on any atom is 0.416 e. The summed E-state index contributed by atoms with van der Waals surface area (Å²) in [6.07, 6.45) is -10.1. The highest BCUT2D eigenvalue weighted by molar-refractivity contribution is 7.91. The number of nitrogens with zero attached hydrogens (tertiary/aromatic N) is 2. The van der Waals surface area contributed by atoms with E-state index in [-0.39, 0.29) is 72.3 Å². The van der Waals surface area contributed by atoms with Gasteiger partial charge < -0.3 is 25.1 Å². The van der Waals surface area contributed by atoms with Crippen molar-refractivity contribution in [2.45, 2.75) is 31.0 Å². The van der Waals surface area contributed by atoms with E-state index in [1.54, 1.807) is 29.2 Å². The van der Waals surface area contributed by atoms with Crippen molar-refractivity contribution < 1.29 is 44.2 Å². The lowest BCUT2D eigenvalue weighted by molar-refractivity contribution is -0.143. The van der Waals surface area contributed by atoms with E-state index in [4.69, 9.17) is 9.47 Å². The highest BCUT2D eigenvalue weighted by Crippen LogP contribution is 2.39. The molecule has 5 rings (SSSR count). The summed E-state index contributed by atoms with van der Waals surface area (Å²) in [6, 6.07) is 6.43. The normalized spacial score (nSPS) is 24.3. The summed E-state index contributed by atoms with van der Waals surface area (Å²) in [5.74, 6) is 0.150. The lowest BCUT2D eigenvalue weighted by Gasteiger charge is -2.47. The molecule has 0 aliphatic carbocycles. The van der Waals surface area contributed by atoms with Gasteiger partial charge in [0.2, 0.25) is 0 Å². The Morgan fingerprint density at radius 1 is 1.02 bits per heavy atom. The zero-order valence-electron chi connectivity index (χ0n) is 23.3. The van der Waals surface area contributed by atoms with E-state index in [9.17, 15) is 40.0 Å². The summed E-state index contributed by atoms with van der Waals surface area (Å²) >= 11 is 0. The van der Waals surface area contributed by atoms with Crippen molar-refractivity contribution in [3.8, 4) is 5.75 Å². The second-order valence-corrected chi connectivity index (χ2v) is 12.8. The number of hydroxylamine groups is 2. The van der Waals surface area contributed by atoms with E-state index in [2.05, 4.69) is 10.6 Å². The summed E-state index contributed by atoms with van der Waals surface area (Å²) in [7, 11) is -1.88. The number of benzene rings is 2. The molecule has 2 N–H and O–H groups in total. The first-order valence-corrected chi connectivity index (χ1v) is 15.4. The molecule has 0 radical (unpaired) electrons. The summed E-state index contributed by atoms with van der Waals surface area (Å²) in [5, 5.41) is 20.9. The molecule has 0 spiro atoms. The fourth-order valence-corrected chi connectivity index (χ4v) is 6.61. The Balaban J connectivity index is 1.64. The van der Waals surface area contributed by atoms with Gasteiger partial charge in [0.25, 0.3) is 0 Å². The first-order valence-electron chi connectivity index (χ1n) is 13.5. The Hall–Kier alpha value is -3.47. The van der Waals surface area contributed by atoms with Crippen LogP contribution in [-0.4, -0.2) is 75.6 Å². The molecule has 2 aromatic rings. The van der Waals surface area contributed by atoms with E-state index in [1.807, 2.05) is 0 Å². The van der Waals surface area contributed by atoms with Crippen LogP contribution in [0.5, 0.6) is 5.75 Å². The minimum atomic E-state index is -5.06. The van der Waals surface area contributed by atoms with Crippen molar-refractivity contribution in [3.05, 3.63) is 87.5 Å². The van der Waals surface area contributed by atoms with E-state index in [1.165, 1.54) is 13.2 Å². The van der Waals surface area contributed by atoms with Crippen LogP contribution >= 0.6 is 0 Å². The largest absolute Gasteiger partial charge is 0.758 e. The number of nitrogens with one attached hydrogen (secondary N) is 2. The van der Waals surface area contributed by atoms with Crippen LogP contribution < -0.4 is 15.4 Å². The van der Waals surface area contributed by atoms with Crippen LogP contribution in [-0.2, 0) is 33.3 Å². The van der Waals surface area contributed by atoms with Gasteiger partial charge in [0, 0.05) is 42.5 Å². The van der Waals surface area contributed by atoms with Gasteiger partial charge in [-0.3, -0.25) is 10.2 Å². The van der Waals surface area contributed by atoms with Gasteiger partial charge in [0.15, 0.2) is 21.9 Å². The Kier molecular flexibility index (Phi) is 8.81. The van der Waals surface area contributed by atoms with Gasteiger partial charge in [0.1, 0.15) is 5.75 Å². The molecule has 0 bridgehead atoms. The highest BCUT2D eigenvalue weighted by Gasteiger charge is 2.38. The molecule has 2 atom stereocenters. The molecule has 1 fully saturated rings. The van der Waals surface area contributed by atoms with E-state index in [0.717, 1.165) is 0 Å². The van der Waals surface area contributed by atoms with E-state index < -0.39 is 52.0 Å². The average molecular weight is 648 g/mol. The topological polar surface area (TPSA) is 106 Å². The zero-order valence-corrected chi connectivity index (χ0v) is 24.2. The third-order valence-electron chi connectivity index (χ3n) is 7.64. The molecule has 240 valence electrons. The Morgan fingerprint density at radius 2 is 1.66 bits per heavy atom. The van der Waals surface area contributed by atoms with Crippen LogP contribution in [0.15, 0.2) is 60.0 Å². The summed E-state index contributed by atoms with van der Waals surface area (Å²) in [5.41, 5.74) is -2.77. The van der Waals surface area contributed by atoms with Gasteiger partial charge in [-0.2, -0.15) is 26.3 Å². The lowest BCUT2D eigenvalue weighted by Crippen LogP contribution is -2.51. The average Bonchev–Trinajstić information content (AvgIpc) is 2.96. The third kappa shape index (κ3) is 6.92. The van der Waals surface area contributed by atoms with Crippen molar-refractivity contribution in [2.24, 2.45) is 0 Å². The number of hydrogen-bond donors (Lipinski definition) is 2. The Bertz CT molecular complexity index is 1510. The first-order chi connectivity index (χ1) is 20.7. The van der Waals surface area contributed by atoms with Gasteiger partial charge in [-0.25, -0.2) is 8.42 Å². The van der Waals surface area contributed by atoms with E-state index >= 15 is 0 Å². The number of hydrogen-bond acceptors (Lipinski definition) is 9. The standard InChI is InChI=1S/C28H29F6N4O5S/c1-42-24-5-3-2-4-20(24)23-14-25(37-6-8-44(40,41)9-7-37)43-26-21(15-35-16-36-26)22(38(23)39)12-17-10-18(27(29,30)31)13-19(11-17)28(32,33)34/h2-5,10-11,13-14,22,25,35-36H,6-9,12,15-16H2,1H3/q-1/b23-14-. The number of methoxy groups -OCH3 is 1. The van der Waals surface area contributed by atoms with Gasteiger partial charge in [-0.1, -0.05) is 12.1 Å². The molecule has 3 aliphatic heterocycles. The molecular weight excluding hydrogens is 618 g/mol. The first kappa shape index (κ1) is 31.9.